The highest BCUT2D eigenvalue weighted by Gasteiger charge is 2.13. The molecule has 0 atom stereocenters. The molecule has 1 N–H and O–H groups in total. The minimum absolute atomic E-state index is 0.203. The van der Waals surface area contributed by atoms with Crippen LogP contribution in [0.3, 0.4) is 0 Å². The van der Waals surface area contributed by atoms with Crippen LogP contribution < -0.4 is 5.32 Å². The van der Waals surface area contributed by atoms with Gasteiger partial charge in [-0.05, 0) is 30.9 Å². The molecule has 0 spiro atoms. The summed E-state index contributed by atoms with van der Waals surface area (Å²) in [6, 6.07) is 7.76. The van der Waals surface area contributed by atoms with Gasteiger partial charge in [0.15, 0.2) is 0 Å². The van der Waals surface area contributed by atoms with Crippen molar-refractivity contribution in [3.05, 3.63) is 29.8 Å². The monoisotopic (exact) mass is 253 g/mol. The summed E-state index contributed by atoms with van der Waals surface area (Å²) in [5.41, 5.74) is 0.953. The van der Waals surface area contributed by atoms with Crippen molar-refractivity contribution < 1.29 is 14.3 Å². The van der Waals surface area contributed by atoms with Gasteiger partial charge in [0.25, 0.3) is 0 Å². The number of thioether (sulfide) groups is 1. The van der Waals surface area contributed by atoms with E-state index in [0.717, 1.165) is 10.5 Å². The molecule has 1 aromatic carbocycles. The van der Waals surface area contributed by atoms with Gasteiger partial charge in [0.05, 0.1) is 6.61 Å². The SMILES string of the molecule is CCOC(=O)C(=O)NCc1cccc(SC)c1. The van der Waals surface area contributed by atoms with Gasteiger partial charge < -0.3 is 10.1 Å². The van der Waals surface area contributed by atoms with Crippen LogP contribution in [0.4, 0.5) is 0 Å². The second-order valence-corrected chi connectivity index (χ2v) is 4.13. The van der Waals surface area contributed by atoms with Crippen molar-refractivity contribution in [2.75, 3.05) is 12.9 Å². The van der Waals surface area contributed by atoms with Gasteiger partial charge in [-0.3, -0.25) is 4.79 Å². The van der Waals surface area contributed by atoms with E-state index in [1.165, 1.54) is 0 Å². The van der Waals surface area contributed by atoms with Crippen LogP contribution in [0.2, 0.25) is 0 Å². The summed E-state index contributed by atoms with van der Waals surface area (Å²) in [7, 11) is 0. The summed E-state index contributed by atoms with van der Waals surface area (Å²) in [6.07, 6.45) is 1.98. The van der Waals surface area contributed by atoms with Gasteiger partial charge in [-0.1, -0.05) is 12.1 Å². The van der Waals surface area contributed by atoms with Crippen molar-refractivity contribution in [2.24, 2.45) is 0 Å². The van der Waals surface area contributed by atoms with Crippen LogP contribution >= 0.6 is 11.8 Å². The molecule has 0 saturated carbocycles. The molecule has 0 aliphatic rings. The first-order chi connectivity index (χ1) is 8.17. The second-order valence-electron chi connectivity index (χ2n) is 3.25. The highest BCUT2D eigenvalue weighted by molar-refractivity contribution is 7.98. The normalized spacial score (nSPS) is 9.76. The van der Waals surface area contributed by atoms with E-state index in [4.69, 9.17) is 0 Å². The van der Waals surface area contributed by atoms with Gasteiger partial charge in [-0.15, -0.1) is 11.8 Å². The van der Waals surface area contributed by atoms with Crippen LogP contribution in [-0.4, -0.2) is 24.7 Å². The van der Waals surface area contributed by atoms with E-state index < -0.39 is 11.9 Å². The first kappa shape index (κ1) is 13.6. The number of nitrogens with one attached hydrogen (secondary N) is 1. The quantitative estimate of drug-likeness (QED) is 0.503. The van der Waals surface area contributed by atoms with E-state index in [1.807, 2.05) is 30.5 Å². The Morgan fingerprint density at radius 3 is 2.82 bits per heavy atom. The molecule has 92 valence electrons. The summed E-state index contributed by atoms with van der Waals surface area (Å²) in [5, 5.41) is 2.51. The Balaban J connectivity index is 2.49. The van der Waals surface area contributed by atoms with Crippen LogP contribution in [0.25, 0.3) is 0 Å². The van der Waals surface area contributed by atoms with Crippen molar-refractivity contribution in [1.82, 2.24) is 5.32 Å². The first-order valence-corrected chi connectivity index (χ1v) is 6.47. The van der Waals surface area contributed by atoms with Gasteiger partial charge in [0.1, 0.15) is 0 Å². The average Bonchev–Trinajstić information content (AvgIpc) is 2.36. The third-order valence-electron chi connectivity index (χ3n) is 2.05. The molecular formula is C12H15NO3S. The third-order valence-corrected chi connectivity index (χ3v) is 2.77. The van der Waals surface area contributed by atoms with Crippen LogP contribution in [0, 0.1) is 0 Å². The molecule has 0 aliphatic carbocycles. The van der Waals surface area contributed by atoms with Gasteiger partial charge in [0, 0.05) is 11.4 Å². The molecule has 0 saturated heterocycles. The molecule has 1 aromatic rings. The topological polar surface area (TPSA) is 55.4 Å². The van der Waals surface area contributed by atoms with Gasteiger partial charge in [0.2, 0.25) is 0 Å². The Labute approximate surface area is 105 Å². The van der Waals surface area contributed by atoms with Crippen molar-refractivity contribution in [1.29, 1.82) is 0 Å². The van der Waals surface area contributed by atoms with Crippen LogP contribution in [0.1, 0.15) is 12.5 Å². The van der Waals surface area contributed by atoms with Crippen molar-refractivity contribution in [3.63, 3.8) is 0 Å². The van der Waals surface area contributed by atoms with Gasteiger partial charge in [-0.25, -0.2) is 4.79 Å². The Kier molecular flexibility index (Phi) is 5.56. The van der Waals surface area contributed by atoms with Crippen LogP contribution in [0.5, 0.6) is 0 Å². The van der Waals surface area contributed by atoms with E-state index in [9.17, 15) is 9.59 Å². The fourth-order valence-electron chi connectivity index (χ4n) is 1.23. The van der Waals surface area contributed by atoms with E-state index in [0.29, 0.717) is 6.54 Å². The zero-order valence-corrected chi connectivity index (χ0v) is 10.7. The Morgan fingerprint density at radius 2 is 2.18 bits per heavy atom. The summed E-state index contributed by atoms with van der Waals surface area (Å²) in [6.45, 7) is 2.19. The van der Waals surface area contributed by atoms with Crippen molar-refractivity contribution in [2.45, 2.75) is 18.4 Å². The largest absolute Gasteiger partial charge is 0.459 e. The predicted molar refractivity (Wildman–Crippen MR) is 66.7 cm³/mol. The first-order valence-electron chi connectivity index (χ1n) is 5.25. The lowest BCUT2D eigenvalue weighted by atomic mass is 10.2. The molecule has 1 rings (SSSR count). The number of rotatable bonds is 4. The number of carbonyl (C=O) groups excluding carboxylic acids is 2. The molecule has 0 unspecified atom stereocenters. The van der Waals surface area contributed by atoms with Gasteiger partial charge in [-0.2, -0.15) is 0 Å². The van der Waals surface area contributed by atoms with Crippen molar-refractivity contribution >= 4 is 23.6 Å². The lowest BCUT2D eigenvalue weighted by Crippen LogP contribution is -2.32. The highest BCUT2D eigenvalue weighted by atomic mass is 32.2. The number of amides is 1. The number of carbonyl (C=O) groups is 2. The molecule has 17 heavy (non-hydrogen) atoms. The molecule has 0 radical (unpaired) electrons. The summed E-state index contributed by atoms with van der Waals surface area (Å²) in [4.78, 5) is 23.4. The second kappa shape index (κ2) is 6.96. The molecule has 0 heterocycles. The summed E-state index contributed by atoms with van der Waals surface area (Å²) in [5.74, 6) is -1.55. The lowest BCUT2D eigenvalue weighted by Gasteiger charge is -2.05. The third kappa shape index (κ3) is 4.48. The number of hydrogen-bond donors (Lipinski definition) is 1. The van der Waals surface area contributed by atoms with Crippen molar-refractivity contribution in [3.8, 4) is 0 Å². The van der Waals surface area contributed by atoms with Crippen LogP contribution in [0.15, 0.2) is 29.2 Å². The molecule has 0 aromatic heterocycles. The maximum atomic E-state index is 11.3. The number of esters is 1. The molecule has 0 aliphatic heterocycles. The van der Waals surface area contributed by atoms with Crippen LogP contribution in [-0.2, 0) is 20.9 Å². The summed E-state index contributed by atoms with van der Waals surface area (Å²) >= 11 is 1.63. The maximum Gasteiger partial charge on any atom is 0.396 e. The van der Waals surface area contributed by atoms with E-state index in [-0.39, 0.29) is 6.61 Å². The molecule has 0 bridgehead atoms. The van der Waals surface area contributed by atoms with E-state index in [1.54, 1.807) is 18.7 Å². The maximum absolute atomic E-state index is 11.3. The molecule has 0 fully saturated rings. The average molecular weight is 253 g/mol. The number of hydrogen-bond acceptors (Lipinski definition) is 4. The Morgan fingerprint density at radius 1 is 1.41 bits per heavy atom. The fraction of sp³-hybridized carbons (Fsp3) is 0.333. The molecule has 4 nitrogen and oxygen atoms in total. The Hall–Kier alpha value is -1.49. The zero-order chi connectivity index (χ0) is 12.7. The predicted octanol–water partition coefficient (Wildman–Crippen LogP) is 1.59. The number of ether oxygens (including phenoxy) is 1. The fourth-order valence-corrected chi connectivity index (χ4v) is 1.72. The lowest BCUT2D eigenvalue weighted by molar-refractivity contribution is -0.154. The van der Waals surface area contributed by atoms with Gasteiger partial charge >= 0.3 is 11.9 Å². The smallest absolute Gasteiger partial charge is 0.396 e. The summed E-state index contributed by atoms with van der Waals surface area (Å²) < 4.78 is 4.58. The van der Waals surface area contributed by atoms with E-state index >= 15 is 0 Å². The Bertz CT molecular complexity index is 406. The number of benzene rings is 1. The standard InChI is InChI=1S/C12H15NO3S/c1-3-16-12(15)11(14)13-8-9-5-4-6-10(7-9)17-2/h4-7H,3,8H2,1-2H3,(H,13,14). The molecular weight excluding hydrogens is 238 g/mol. The minimum Gasteiger partial charge on any atom is -0.459 e. The molecule has 5 heteroatoms. The minimum atomic E-state index is -0.839. The highest BCUT2D eigenvalue weighted by Crippen LogP contribution is 2.15. The van der Waals surface area contributed by atoms with E-state index in [2.05, 4.69) is 10.1 Å². The zero-order valence-electron chi connectivity index (χ0n) is 9.86. The molecule has 1 amide bonds.